The predicted molar refractivity (Wildman–Crippen MR) is 138 cm³/mol. The number of thiophene rings is 1. The SMILES string of the molecule is O=C(NO)C1CN(S(=O)(=O)CCCN2CCCCC2)CCN1S(=O)(=O)c1ccc(-c2ccc(F)cc2)s1. The van der Waals surface area contributed by atoms with Crippen LogP contribution < -0.4 is 5.48 Å². The molecule has 2 aliphatic heterocycles. The van der Waals surface area contributed by atoms with Gasteiger partial charge in [-0.1, -0.05) is 18.6 Å². The largest absolute Gasteiger partial charge is 0.303 e. The summed E-state index contributed by atoms with van der Waals surface area (Å²) < 4.78 is 68.2. The Hall–Kier alpha value is -1.94. The zero-order valence-corrected chi connectivity index (χ0v) is 22.7. The topological polar surface area (TPSA) is 127 Å². The molecule has 204 valence electrons. The number of piperidine rings is 1. The second kappa shape index (κ2) is 11.8. The number of benzene rings is 1. The first kappa shape index (κ1) is 28.1. The minimum Gasteiger partial charge on any atom is -0.303 e. The molecule has 3 heterocycles. The molecule has 2 fully saturated rings. The Morgan fingerprint density at radius 2 is 1.70 bits per heavy atom. The number of carbonyl (C=O) groups is 1. The summed E-state index contributed by atoms with van der Waals surface area (Å²) >= 11 is 0.962. The number of likely N-dealkylation sites (tertiary alicyclic amines) is 1. The summed E-state index contributed by atoms with van der Waals surface area (Å²) in [7, 11) is -7.92. The van der Waals surface area contributed by atoms with Gasteiger partial charge in [0.25, 0.3) is 15.9 Å². The van der Waals surface area contributed by atoms with Crippen molar-refractivity contribution >= 4 is 37.3 Å². The summed E-state index contributed by atoms with van der Waals surface area (Å²) in [6.45, 7) is 1.85. The highest BCUT2D eigenvalue weighted by Crippen LogP contribution is 2.34. The van der Waals surface area contributed by atoms with E-state index in [0.29, 0.717) is 23.4 Å². The van der Waals surface area contributed by atoms with Crippen molar-refractivity contribution in [3.63, 3.8) is 0 Å². The average molecular weight is 575 g/mol. The number of carbonyl (C=O) groups excluding carboxylic acids is 1. The Balaban J connectivity index is 1.47. The summed E-state index contributed by atoms with van der Waals surface area (Å²) in [6.07, 6.45) is 3.85. The Labute approximate surface area is 220 Å². The summed E-state index contributed by atoms with van der Waals surface area (Å²) in [5.41, 5.74) is 2.11. The molecule has 1 aromatic heterocycles. The molecule has 0 saturated carbocycles. The maximum absolute atomic E-state index is 13.5. The van der Waals surface area contributed by atoms with Gasteiger partial charge >= 0.3 is 0 Å². The second-order valence-electron chi connectivity index (χ2n) is 9.16. The first-order chi connectivity index (χ1) is 17.6. The van der Waals surface area contributed by atoms with Crippen LogP contribution in [0, 0.1) is 5.82 Å². The van der Waals surface area contributed by atoms with Gasteiger partial charge in [0.1, 0.15) is 16.1 Å². The van der Waals surface area contributed by atoms with E-state index in [4.69, 9.17) is 0 Å². The van der Waals surface area contributed by atoms with Gasteiger partial charge in [0.2, 0.25) is 10.0 Å². The molecule has 2 N–H and O–H groups in total. The number of nitrogens with zero attached hydrogens (tertiary/aromatic N) is 3. The third kappa shape index (κ3) is 6.56. The lowest BCUT2D eigenvalue weighted by Gasteiger charge is -2.38. The van der Waals surface area contributed by atoms with Crippen molar-refractivity contribution in [1.29, 1.82) is 0 Å². The molecule has 0 aliphatic carbocycles. The number of sulfonamides is 2. The van der Waals surface area contributed by atoms with Gasteiger partial charge in [0, 0.05) is 24.5 Å². The Kier molecular flexibility index (Phi) is 8.99. The van der Waals surface area contributed by atoms with E-state index in [1.54, 1.807) is 6.07 Å². The summed E-state index contributed by atoms with van der Waals surface area (Å²) in [6, 6.07) is 7.18. The lowest BCUT2D eigenvalue weighted by Crippen LogP contribution is -2.61. The quantitative estimate of drug-likeness (QED) is 0.346. The lowest BCUT2D eigenvalue weighted by molar-refractivity contribution is -0.134. The van der Waals surface area contributed by atoms with E-state index >= 15 is 0 Å². The van der Waals surface area contributed by atoms with E-state index in [9.17, 15) is 31.2 Å². The maximum Gasteiger partial charge on any atom is 0.263 e. The first-order valence-electron chi connectivity index (χ1n) is 12.1. The lowest BCUT2D eigenvalue weighted by atomic mass is 10.1. The Morgan fingerprint density at radius 3 is 2.38 bits per heavy atom. The van der Waals surface area contributed by atoms with E-state index < -0.39 is 44.4 Å². The smallest absolute Gasteiger partial charge is 0.263 e. The minimum atomic E-state index is -4.18. The Bertz CT molecular complexity index is 1290. The second-order valence-corrected chi connectivity index (χ2v) is 14.5. The van der Waals surface area contributed by atoms with E-state index in [0.717, 1.165) is 45.9 Å². The van der Waals surface area contributed by atoms with Crippen LogP contribution in [-0.2, 0) is 24.8 Å². The van der Waals surface area contributed by atoms with E-state index in [1.165, 1.54) is 42.2 Å². The van der Waals surface area contributed by atoms with Crippen LogP contribution in [0.25, 0.3) is 10.4 Å². The molecule has 14 heteroatoms. The van der Waals surface area contributed by atoms with Crippen LogP contribution in [0.4, 0.5) is 4.39 Å². The summed E-state index contributed by atoms with van der Waals surface area (Å²) in [5.74, 6) is -1.52. The molecule has 0 radical (unpaired) electrons. The Morgan fingerprint density at radius 1 is 1.00 bits per heavy atom. The standard InChI is InChI=1S/C23H31FN4O6S3/c24-19-7-5-18(6-8-19)21-9-10-22(35-21)37(33,34)28-15-14-27(17-20(28)23(29)25-30)36(31,32)16-4-13-26-11-2-1-3-12-26/h5-10,20,30H,1-4,11-17H2,(H,25,29). The first-order valence-corrected chi connectivity index (χ1v) is 16.0. The van der Waals surface area contributed by atoms with Crippen LogP contribution in [0.15, 0.2) is 40.6 Å². The summed E-state index contributed by atoms with van der Waals surface area (Å²) in [5, 5.41) is 9.27. The van der Waals surface area contributed by atoms with Crippen LogP contribution in [0.5, 0.6) is 0 Å². The number of hydrogen-bond acceptors (Lipinski definition) is 8. The number of hydrogen-bond donors (Lipinski definition) is 2. The van der Waals surface area contributed by atoms with Gasteiger partial charge in [-0.15, -0.1) is 11.3 Å². The van der Waals surface area contributed by atoms with Crippen LogP contribution in [0.3, 0.4) is 0 Å². The van der Waals surface area contributed by atoms with Gasteiger partial charge in [0.15, 0.2) is 0 Å². The number of amides is 1. The van der Waals surface area contributed by atoms with Gasteiger partial charge < -0.3 is 4.90 Å². The molecule has 2 saturated heterocycles. The maximum atomic E-state index is 13.5. The van der Waals surface area contributed by atoms with Gasteiger partial charge in [-0.25, -0.2) is 26.7 Å². The predicted octanol–water partition coefficient (Wildman–Crippen LogP) is 1.94. The molecule has 1 amide bonds. The van der Waals surface area contributed by atoms with Crippen molar-refractivity contribution in [2.45, 2.75) is 35.9 Å². The molecule has 0 bridgehead atoms. The molecule has 1 atom stereocenters. The zero-order chi connectivity index (χ0) is 26.6. The third-order valence-electron chi connectivity index (χ3n) is 6.70. The van der Waals surface area contributed by atoms with Crippen molar-refractivity contribution < 1.29 is 31.2 Å². The van der Waals surface area contributed by atoms with Crippen molar-refractivity contribution in [3.05, 3.63) is 42.2 Å². The molecule has 1 aromatic carbocycles. The molecule has 37 heavy (non-hydrogen) atoms. The van der Waals surface area contributed by atoms with Gasteiger partial charge in [-0.2, -0.15) is 8.61 Å². The van der Waals surface area contributed by atoms with Gasteiger partial charge in [0.05, 0.1) is 5.75 Å². The van der Waals surface area contributed by atoms with E-state index in [1.807, 2.05) is 0 Å². The molecular weight excluding hydrogens is 543 g/mol. The average Bonchev–Trinajstić information content (AvgIpc) is 3.40. The van der Waals surface area contributed by atoms with Crippen LogP contribution in [-0.4, -0.2) is 92.5 Å². The number of hydroxylamine groups is 1. The molecular formula is C23H31FN4O6S3. The van der Waals surface area contributed by atoms with E-state index in [-0.39, 0.29) is 23.1 Å². The van der Waals surface area contributed by atoms with Crippen molar-refractivity contribution in [2.75, 3.05) is 45.0 Å². The highest BCUT2D eigenvalue weighted by atomic mass is 32.2. The fourth-order valence-electron chi connectivity index (χ4n) is 4.70. The highest BCUT2D eigenvalue weighted by molar-refractivity contribution is 7.91. The van der Waals surface area contributed by atoms with Crippen molar-refractivity contribution in [1.82, 2.24) is 19.0 Å². The minimum absolute atomic E-state index is 0.0413. The molecule has 4 rings (SSSR count). The van der Waals surface area contributed by atoms with Gasteiger partial charge in [-0.3, -0.25) is 10.0 Å². The summed E-state index contributed by atoms with van der Waals surface area (Å²) in [4.78, 5) is 15.3. The van der Waals surface area contributed by atoms with Crippen molar-refractivity contribution in [2.24, 2.45) is 0 Å². The number of halogens is 1. The fraction of sp³-hybridized carbons (Fsp3) is 0.522. The number of rotatable bonds is 9. The number of piperazine rings is 1. The van der Waals surface area contributed by atoms with E-state index in [2.05, 4.69) is 4.90 Å². The molecule has 0 spiro atoms. The van der Waals surface area contributed by atoms with Crippen molar-refractivity contribution in [3.8, 4) is 10.4 Å². The van der Waals surface area contributed by atoms with Crippen LogP contribution >= 0.6 is 11.3 Å². The molecule has 2 aliphatic rings. The van der Waals surface area contributed by atoms with Gasteiger partial charge in [-0.05, 0) is 68.7 Å². The number of nitrogens with one attached hydrogen (secondary N) is 1. The third-order valence-corrected chi connectivity index (χ3v) is 12.1. The van der Waals surface area contributed by atoms with Crippen LogP contribution in [0.1, 0.15) is 25.7 Å². The molecule has 2 aromatic rings. The monoisotopic (exact) mass is 574 g/mol. The fourth-order valence-corrected chi connectivity index (χ4v) is 9.19. The normalized spacial score (nSPS) is 20.6. The molecule has 1 unspecified atom stereocenters. The zero-order valence-electron chi connectivity index (χ0n) is 20.3. The molecule has 10 nitrogen and oxygen atoms in total. The van der Waals surface area contributed by atoms with Crippen LogP contribution in [0.2, 0.25) is 0 Å². The highest BCUT2D eigenvalue weighted by Gasteiger charge is 2.43.